The Morgan fingerprint density at radius 1 is 1.00 bits per heavy atom. The SMILES string of the molecule is CC(=Cc1ccccc1)C(=O)C(c1ccccc1)N1CCNCC1. The number of hydrogen-bond acceptors (Lipinski definition) is 3. The van der Waals surface area contributed by atoms with E-state index in [0.717, 1.165) is 42.9 Å². The van der Waals surface area contributed by atoms with Crippen molar-refractivity contribution in [3.63, 3.8) is 0 Å². The first-order valence-corrected chi connectivity index (χ1v) is 8.53. The third-order valence-corrected chi connectivity index (χ3v) is 4.45. The van der Waals surface area contributed by atoms with Gasteiger partial charge in [0.2, 0.25) is 0 Å². The highest BCUT2D eigenvalue weighted by Crippen LogP contribution is 2.26. The van der Waals surface area contributed by atoms with E-state index in [1.807, 2.05) is 61.5 Å². The summed E-state index contributed by atoms with van der Waals surface area (Å²) in [5, 5.41) is 3.36. The van der Waals surface area contributed by atoms with Crippen LogP contribution in [0.1, 0.15) is 24.1 Å². The van der Waals surface area contributed by atoms with Gasteiger partial charge in [-0.15, -0.1) is 0 Å². The minimum Gasteiger partial charge on any atom is -0.314 e. The van der Waals surface area contributed by atoms with Crippen LogP contribution < -0.4 is 5.32 Å². The predicted octanol–water partition coefficient (Wildman–Crippen LogP) is 3.31. The van der Waals surface area contributed by atoms with E-state index in [0.29, 0.717) is 0 Å². The molecule has 1 aliphatic heterocycles. The van der Waals surface area contributed by atoms with Crippen LogP contribution in [0.15, 0.2) is 66.2 Å². The number of benzene rings is 2. The Balaban J connectivity index is 1.89. The van der Waals surface area contributed by atoms with Gasteiger partial charge >= 0.3 is 0 Å². The number of Topliss-reactive ketones (excluding diaryl/α,β-unsaturated/α-hetero) is 1. The van der Waals surface area contributed by atoms with Crippen LogP contribution in [0.5, 0.6) is 0 Å². The topological polar surface area (TPSA) is 32.3 Å². The molecular weight excluding hydrogens is 296 g/mol. The molecule has 1 fully saturated rings. The lowest BCUT2D eigenvalue weighted by atomic mass is 9.95. The second-order valence-electron chi connectivity index (χ2n) is 6.20. The minimum atomic E-state index is -0.201. The Morgan fingerprint density at radius 3 is 2.21 bits per heavy atom. The molecule has 0 aliphatic carbocycles. The van der Waals surface area contributed by atoms with Gasteiger partial charge in [0.1, 0.15) is 0 Å². The van der Waals surface area contributed by atoms with Gasteiger partial charge in [0, 0.05) is 26.2 Å². The summed E-state index contributed by atoms with van der Waals surface area (Å²) in [4.78, 5) is 15.5. The van der Waals surface area contributed by atoms with Crippen molar-refractivity contribution in [3.05, 3.63) is 77.4 Å². The van der Waals surface area contributed by atoms with Gasteiger partial charge in [0.15, 0.2) is 5.78 Å². The average Bonchev–Trinajstić information content (AvgIpc) is 2.64. The van der Waals surface area contributed by atoms with Crippen LogP contribution in [0.4, 0.5) is 0 Å². The zero-order chi connectivity index (χ0) is 16.8. The summed E-state index contributed by atoms with van der Waals surface area (Å²) in [6.45, 7) is 5.57. The molecule has 1 aliphatic rings. The van der Waals surface area contributed by atoms with Crippen molar-refractivity contribution in [2.45, 2.75) is 13.0 Å². The van der Waals surface area contributed by atoms with Gasteiger partial charge in [-0.3, -0.25) is 9.69 Å². The molecule has 0 saturated carbocycles. The summed E-state index contributed by atoms with van der Waals surface area (Å²) in [5.74, 6) is 0.187. The van der Waals surface area contributed by atoms with E-state index in [4.69, 9.17) is 0 Å². The number of piperazine rings is 1. The van der Waals surface area contributed by atoms with Crippen molar-refractivity contribution in [1.82, 2.24) is 10.2 Å². The molecule has 0 spiro atoms. The van der Waals surface area contributed by atoms with E-state index in [9.17, 15) is 4.79 Å². The molecule has 3 heteroatoms. The van der Waals surface area contributed by atoms with Gasteiger partial charge in [-0.2, -0.15) is 0 Å². The molecule has 0 radical (unpaired) electrons. The molecule has 2 aromatic carbocycles. The zero-order valence-electron chi connectivity index (χ0n) is 14.1. The molecular formula is C21H24N2O. The van der Waals surface area contributed by atoms with E-state index in [1.54, 1.807) is 0 Å². The van der Waals surface area contributed by atoms with E-state index in [2.05, 4.69) is 22.3 Å². The maximum atomic E-state index is 13.2. The normalized spacial score (nSPS) is 17.5. The van der Waals surface area contributed by atoms with E-state index < -0.39 is 0 Å². The van der Waals surface area contributed by atoms with Crippen LogP contribution in [-0.2, 0) is 4.79 Å². The standard InChI is InChI=1S/C21H24N2O/c1-17(16-18-8-4-2-5-9-18)21(24)20(19-10-6-3-7-11-19)23-14-12-22-13-15-23/h2-11,16,20,22H,12-15H2,1H3. The third-order valence-electron chi connectivity index (χ3n) is 4.45. The molecule has 2 aromatic rings. The second-order valence-corrected chi connectivity index (χ2v) is 6.20. The molecule has 1 heterocycles. The van der Waals surface area contributed by atoms with Crippen molar-refractivity contribution in [2.75, 3.05) is 26.2 Å². The molecule has 0 amide bonds. The zero-order valence-corrected chi connectivity index (χ0v) is 14.1. The van der Waals surface area contributed by atoms with Crippen molar-refractivity contribution < 1.29 is 4.79 Å². The Labute approximate surface area is 144 Å². The lowest BCUT2D eigenvalue weighted by molar-refractivity contribution is -0.121. The molecule has 0 bridgehead atoms. The van der Waals surface area contributed by atoms with Gasteiger partial charge < -0.3 is 5.32 Å². The predicted molar refractivity (Wildman–Crippen MR) is 98.7 cm³/mol. The first-order chi connectivity index (χ1) is 11.8. The van der Waals surface area contributed by atoms with Crippen LogP contribution in [-0.4, -0.2) is 36.9 Å². The largest absolute Gasteiger partial charge is 0.314 e. The van der Waals surface area contributed by atoms with Gasteiger partial charge in [0.25, 0.3) is 0 Å². The fourth-order valence-corrected chi connectivity index (χ4v) is 3.19. The number of rotatable bonds is 5. The number of nitrogens with zero attached hydrogens (tertiary/aromatic N) is 1. The van der Waals surface area contributed by atoms with Crippen molar-refractivity contribution in [2.24, 2.45) is 0 Å². The summed E-state index contributed by atoms with van der Waals surface area (Å²) in [7, 11) is 0. The highest BCUT2D eigenvalue weighted by atomic mass is 16.1. The molecule has 24 heavy (non-hydrogen) atoms. The lowest BCUT2D eigenvalue weighted by Crippen LogP contribution is -2.47. The number of nitrogens with one attached hydrogen (secondary N) is 1. The van der Waals surface area contributed by atoms with Gasteiger partial charge in [-0.25, -0.2) is 0 Å². The lowest BCUT2D eigenvalue weighted by Gasteiger charge is -2.34. The summed E-state index contributed by atoms with van der Waals surface area (Å²) in [6, 6.07) is 20.0. The number of ketones is 1. The van der Waals surface area contributed by atoms with Crippen LogP contribution in [0.3, 0.4) is 0 Å². The molecule has 0 aromatic heterocycles. The van der Waals surface area contributed by atoms with Gasteiger partial charge in [-0.1, -0.05) is 60.7 Å². The highest BCUT2D eigenvalue weighted by molar-refractivity contribution is 6.03. The first-order valence-electron chi connectivity index (χ1n) is 8.53. The Kier molecular flexibility index (Phi) is 5.57. The van der Waals surface area contributed by atoms with E-state index in [-0.39, 0.29) is 11.8 Å². The quantitative estimate of drug-likeness (QED) is 0.858. The fourth-order valence-electron chi connectivity index (χ4n) is 3.19. The van der Waals surface area contributed by atoms with E-state index >= 15 is 0 Å². The third kappa shape index (κ3) is 3.99. The van der Waals surface area contributed by atoms with Crippen LogP contribution in [0.2, 0.25) is 0 Å². The molecule has 124 valence electrons. The second kappa shape index (κ2) is 8.04. The molecule has 1 N–H and O–H groups in total. The maximum Gasteiger partial charge on any atom is 0.180 e. The van der Waals surface area contributed by atoms with Crippen molar-refractivity contribution >= 4 is 11.9 Å². The van der Waals surface area contributed by atoms with Crippen molar-refractivity contribution in [3.8, 4) is 0 Å². The Bertz CT molecular complexity index is 688. The highest BCUT2D eigenvalue weighted by Gasteiger charge is 2.29. The summed E-state index contributed by atoms with van der Waals surface area (Å²) in [6.07, 6.45) is 1.99. The molecule has 3 rings (SSSR count). The van der Waals surface area contributed by atoms with Crippen LogP contribution >= 0.6 is 0 Å². The van der Waals surface area contributed by atoms with Gasteiger partial charge in [-0.05, 0) is 29.7 Å². The monoisotopic (exact) mass is 320 g/mol. The number of hydrogen-bond donors (Lipinski definition) is 1. The molecule has 3 nitrogen and oxygen atoms in total. The van der Waals surface area contributed by atoms with E-state index in [1.165, 1.54) is 0 Å². The van der Waals surface area contributed by atoms with Gasteiger partial charge in [0.05, 0.1) is 6.04 Å². The Hall–Kier alpha value is -2.23. The summed E-state index contributed by atoms with van der Waals surface area (Å²) in [5.41, 5.74) is 2.94. The van der Waals surface area contributed by atoms with Crippen molar-refractivity contribution in [1.29, 1.82) is 0 Å². The maximum absolute atomic E-state index is 13.2. The molecule has 1 saturated heterocycles. The summed E-state index contributed by atoms with van der Waals surface area (Å²) >= 11 is 0. The molecule has 1 atom stereocenters. The minimum absolute atomic E-state index is 0.187. The van der Waals surface area contributed by atoms with Crippen LogP contribution in [0, 0.1) is 0 Å². The molecule has 1 unspecified atom stereocenters. The van der Waals surface area contributed by atoms with Crippen LogP contribution in [0.25, 0.3) is 6.08 Å². The Morgan fingerprint density at radius 2 is 1.58 bits per heavy atom. The first kappa shape index (κ1) is 16.6. The number of carbonyl (C=O) groups is 1. The number of carbonyl (C=O) groups excluding carboxylic acids is 1. The summed E-state index contributed by atoms with van der Waals surface area (Å²) < 4.78 is 0. The average molecular weight is 320 g/mol. The smallest absolute Gasteiger partial charge is 0.180 e. The fraction of sp³-hybridized carbons (Fsp3) is 0.286.